The number of anilines is 1. The van der Waals surface area contributed by atoms with E-state index < -0.39 is 10.0 Å². The number of nitrogens with zero attached hydrogens (tertiary/aromatic N) is 1. The molecule has 0 saturated carbocycles. The molecule has 2 aromatic rings. The van der Waals surface area contributed by atoms with Gasteiger partial charge in [-0.2, -0.15) is 0 Å². The molecule has 0 atom stereocenters. The third kappa shape index (κ3) is 3.46. The van der Waals surface area contributed by atoms with Crippen molar-refractivity contribution in [1.82, 2.24) is 9.88 Å². The van der Waals surface area contributed by atoms with Crippen molar-refractivity contribution in [2.24, 2.45) is 0 Å². The normalized spacial score (nSPS) is 11.6. The van der Waals surface area contributed by atoms with Crippen LogP contribution in [0.15, 0.2) is 41.4 Å². The predicted molar refractivity (Wildman–Crippen MR) is 84.9 cm³/mol. The molecular formula is C15H21N3O2S. The average molecular weight is 307 g/mol. The van der Waals surface area contributed by atoms with E-state index in [9.17, 15) is 8.42 Å². The quantitative estimate of drug-likeness (QED) is 0.861. The van der Waals surface area contributed by atoms with Crippen molar-refractivity contribution in [2.45, 2.75) is 31.8 Å². The van der Waals surface area contributed by atoms with Gasteiger partial charge in [-0.15, -0.1) is 0 Å². The molecule has 0 radical (unpaired) electrons. The average Bonchev–Trinajstić information content (AvgIpc) is 2.86. The molecule has 5 nitrogen and oxygen atoms in total. The topological polar surface area (TPSA) is 63.1 Å². The lowest BCUT2D eigenvalue weighted by molar-refractivity contribution is 0.600. The third-order valence-corrected chi connectivity index (χ3v) is 4.69. The Kier molecular flexibility index (Phi) is 4.69. The van der Waals surface area contributed by atoms with Gasteiger partial charge in [0.05, 0.1) is 5.69 Å². The number of rotatable bonds is 6. The van der Waals surface area contributed by atoms with Crippen LogP contribution in [0.1, 0.15) is 18.2 Å². The first-order valence-electron chi connectivity index (χ1n) is 6.90. The first-order chi connectivity index (χ1) is 9.97. The Morgan fingerprint density at radius 1 is 1.24 bits per heavy atom. The van der Waals surface area contributed by atoms with Crippen molar-refractivity contribution in [2.75, 3.05) is 11.8 Å². The van der Waals surface area contributed by atoms with Crippen molar-refractivity contribution in [3.05, 3.63) is 47.8 Å². The largest absolute Gasteiger partial charge is 0.349 e. The summed E-state index contributed by atoms with van der Waals surface area (Å²) in [6.45, 7) is 5.23. The summed E-state index contributed by atoms with van der Waals surface area (Å²) < 4.78 is 29.6. The van der Waals surface area contributed by atoms with Crippen molar-refractivity contribution in [3.8, 4) is 0 Å². The molecule has 1 heterocycles. The van der Waals surface area contributed by atoms with Crippen LogP contribution < -0.4 is 10.0 Å². The van der Waals surface area contributed by atoms with Gasteiger partial charge in [0.2, 0.25) is 0 Å². The fraction of sp³-hybridized carbons (Fsp3) is 0.333. The van der Waals surface area contributed by atoms with Crippen LogP contribution in [-0.4, -0.2) is 20.0 Å². The van der Waals surface area contributed by atoms with Gasteiger partial charge in [-0.05, 0) is 38.6 Å². The van der Waals surface area contributed by atoms with Crippen molar-refractivity contribution in [1.29, 1.82) is 0 Å². The van der Waals surface area contributed by atoms with E-state index in [-0.39, 0.29) is 4.90 Å². The molecule has 6 heteroatoms. The predicted octanol–water partition coefficient (Wildman–Crippen LogP) is 2.34. The first kappa shape index (κ1) is 15.6. The number of aromatic nitrogens is 1. The van der Waals surface area contributed by atoms with Gasteiger partial charge >= 0.3 is 0 Å². The summed E-state index contributed by atoms with van der Waals surface area (Å²) in [5, 5.41) is 3.05. The standard InChI is InChI=1S/C15H21N3O2S/c1-4-18-11-14(9-13(18)10-16-3)21(19,20)17-15-8-6-5-7-12(15)2/h5-9,11,16-17H,4,10H2,1-3H3. The third-order valence-electron chi connectivity index (χ3n) is 3.36. The minimum Gasteiger partial charge on any atom is -0.349 e. The van der Waals surface area contributed by atoms with Crippen molar-refractivity contribution in [3.63, 3.8) is 0 Å². The van der Waals surface area contributed by atoms with Crippen LogP contribution in [0.4, 0.5) is 5.69 Å². The van der Waals surface area contributed by atoms with Crippen LogP contribution in [0, 0.1) is 6.92 Å². The van der Waals surface area contributed by atoms with E-state index in [0.717, 1.165) is 17.8 Å². The van der Waals surface area contributed by atoms with Gasteiger partial charge < -0.3 is 9.88 Å². The highest BCUT2D eigenvalue weighted by Gasteiger charge is 2.18. The summed E-state index contributed by atoms with van der Waals surface area (Å²) >= 11 is 0. The van der Waals surface area contributed by atoms with Gasteiger partial charge in [-0.1, -0.05) is 18.2 Å². The summed E-state index contributed by atoms with van der Waals surface area (Å²) in [7, 11) is -1.72. The zero-order valence-corrected chi connectivity index (χ0v) is 13.4. The molecule has 0 bridgehead atoms. The second-order valence-corrected chi connectivity index (χ2v) is 6.59. The molecule has 114 valence electrons. The Hall–Kier alpha value is -1.79. The van der Waals surface area contributed by atoms with E-state index in [1.165, 1.54) is 0 Å². The Bertz CT molecular complexity index is 720. The highest BCUT2D eigenvalue weighted by atomic mass is 32.2. The lowest BCUT2D eigenvalue weighted by Crippen LogP contribution is -2.13. The molecule has 21 heavy (non-hydrogen) atoms. The number of sulfonamides is 1. The van der Waals surface area contributed by atoms with Crippen LogP contribution >= 0.6 is 0 Å². The van der Waals surface area contributed by atoms with Gasteiger partial charge in [0.25, 0.3) is 10.0 Å². The molecule has 0 aliphatic heterocycles. The van der Waals surface area contributed by atoms with Crippen LogP contribution in [0.3, 0.4) is 0 Å². The van der Waals surface area contributed by atoms with E-state index in [1.54, 1.807) is 18.3 Å². The molecule has 0 spiro atoms. The number of aryl methyl sites for hydroxylation is 2. The maximum absolute atomic E-state index is 12.5. The smallest absolute Gasteiger partial charge is 0.263 e. The molecule has 0 aliphatic rings. The zero-order chi connectivity index (χ0) is 15.5. The SMILES string of the molecule is CCn1cc(S(=O)(=O)Nc2ccccc2C)cc1CNC. The first-order valence-corrected chi connectivity index (χ1v) is 8.38. The number of hydrogen-bond donors (Lipinski definition) is 2. The summed E-state index contributed by atoms with van der Waals surface area (Å²) in [6, 6.07) is 9.04. The Morgan fingerprint density at radius 3 is 2.57 bits per heavy atom. The lowest BCUT2D eigenvalue weighted by atomic mass is 10.2. The second kappa shape index (κ2) is 6.32. The number of benzene rings is 1. The van der Waals surface area contributed by atoms with Crippen LogP contribution in [0.5, 0.6) is 0 Å². The number of para-hydroxylation sites is 1. The molecule has 1 aromatic carbocycles. The zero-order valence-electron chi connectivity index (χ0n) is 12.6. The maximum Gasteiger partial charge on any atom is 0.263 e. The highest BCUT2D eigenvalue weighted by Crippen LogP contribution is 2.21. The van der Waals surface area contributed by atoms with Gasteiger partial charge in [0.15, 0.2) is 0 Å². The monoisotopic (exact) mass is 307 g/mol. The van der Waals surface area contributed by atoms with Crippen LogP contribution in [0.2, 0.25) is 0 Å². The Morgan fingerprint density at radius 2 is 1.95 bits per heavy atom. The van der Waals surface area contributed by atoms with Crippen LogP contribution in [-0.2, 0) is 23.1 Å². The van der Waals surface area contributed by atoms with E-state index in [2.05, 4.69) is 10.0 Å². The summed E-state index contributed by atoms with van der Waals surface area (Å²) in [5.74, 6) is 0. The van der Waals surface area contributed by atoms with E-state index >= 15 is 0 Å². The molecule has 0 unspecified atom stereocenters. The number of nitrogens with one attached hydrogen (secondary N) is 2. The van der Waals surface area contributed by atoms with Gasteiger partial charge in [0.1, 0.15) is 4.90 Å². The van der Waals surface area contributed by atoms with E-state index in [4.69, 9.17) is 0 Å². The summed E-state index contributed by atoms with van der Waals surface area (Å²) in [4.78, 5) is 0.290. The van der Waals surface area contributed by atoms with E-state index in [0.29, 0.717) is 12.2 Å². The molecule has 0 amide bonds. The molecule has 0 saturated heterocycles. The fourth-order valence-electron chi connectivity index (χ4n) is 2.19. The molecule has 0 fully saturated rings. The van der Waals surface area contributed by atoms with Gasteiger partial charge in [-0.3, -0.25) is 4.72 Å². The van der Waals surface area contributed by atoms with Gasteiger partial charge in [-0.25, -0.2) is 8.42 Å². The molecule has 1 aromatic heterocycles. The van der Waals surface area contributed by atoms with Crippen LogP contribution in [0.25, 0.3) is 0 Å². The highest BCUT2D eigenvalue weighted by molar-refractivity contribution is 7.92. The van der Waals surface area contributed by atoms with E-state index in [1.807, 2.05) is 43.7 Å². The van der Waals surface area contributed by atoms with Crippen molar-refractivity contribution >= 4 is 15.7 Å². The van der Waals surface area contributed by atoms with Crippen molar-refractivity contribution < 1.29 is 8.42 Å². The molecular weight excluding hydrogens is 286 g/mol. The minimum absolute atomic E-state index is 0.290. The minimum atomic E-state index is -3.56. The maximum atomic E-state index is 12.5. The lowest BCUT2D eigenvalue weighted by Gasteiger charge is -2.08. The summed E-state index contributed by atoms with van der Waals surface area (Å²) in [6.07, 6.45) is 1.67. The number of hydrogen-bond acceptors (Lipinski definition) is 3. The second-order valence-electron chi connectivity index (χ2n) is 4.90. The Balaban J connectivity index is 2.34. The summed E-state index contributed by atoms with van der Waals surface area (Å²) in [5.41, 5.74) is 2.45. The van der Waals surface area contributed by atoms with Gasteiger partial charge in [0, 0.05) is 25.0 Å². The molecule has 2 rings (SSSR count). The fourth-order valence-corrected chi connectivity index (χ4v) is 3.38. The Labute approximate surface area is 126 Å². The molecule has 2 N–H and O–H groups in total. The molecule has 0 aliphatic carbocycles.